The fraction of sp³-hybridized carbons (Fsp3) is 0.588. The van der Waals surface area contributed by atoms with Crippen LogP contribution >= 0.6 is 24.0 Å². The van der Waals surface area contributed by atoms with Crippen molar-refractivity contribution in [2.24, 2.45) is 10.9 Å². The van der Waals surface area contributed by atoms with Crippen LogP contribution in [0.4, 0.5) is 0 Å². The second kappa shape index (κ2) is 10.9. The lowest BCUT2D eigenvalue weighted by Crippen LogP contribution is -2.43. The van der Waals surface area contributed by atoms with Gasteiger partial charge in [0.15, 0.2) is 5.96 Å². The molecule has 1 aromatic carbocycles. The molecule has 1 aliphatic rings. The molecule has 0 spiro atoms. The molecule has 2 rings (SSSR count). The molecule has 1 heterocycles. The Morgan fingerprint density at radius 1 is 1.31 bits per heavy atom. The number of nitrogens with one attached hydrogen (secondary N) is 2. The Kier molecular flexibility index (Phi) is 9.66. The number of piperidine rings is 1. The maximum Gasteiger partial charge on any atom is 0.211 e. The zero-order valence-electron chi connectivity index (χ0n) is 15.6. The molecule has 1 aromatic rings. The standard InChI is InChI=1S/C17H28N4O3S.HI/c1-18-17(20-13-15-5-4-6-16(11-15)24-2)19-12-14-7-9-21(10-8-14)25(3,22)23;/h4-6,11,14H,7-10,12-13H2,1-3H3,(H2,18,19,20);1H. The summed E-state index contributed by atoms with van der Waals surface area (Å²) in [7, 11) is 0.334. The van der Waals surface area contributed by atoms with Crippen LogP contribution in [0, 0.1) is 5.92 Å². The minimum Gasteiger partial charge on any atom is -0.497 e. The SMILES string of the molecule is CN=C(NCc1cccc(OC)c1)NCC1CCN(S(C)(=O)=O)CC1.I. The summed E-state index contributed by atoms with van der Waals surface area (Å²) in [4.78, 5) is 4.24. The van der Waals surface area contributed by atoms with Crippen molar-refractivity contribution in [1.82, 2.24) is 14.9 Å². The predicted octanol–water partition coefficient (Wildman–Crippen LogP) is 1.65. The molecule has 0 bridgehead atoms. The van der Waals surface area contributed by atoms with Crippen LogP contribution in [0.5, 0.6) is 5.75 Å². The van der Waals surface area contributed by atoms with Gasteiger partial charge < -0.3 is 15.4 Å². The van der Waals surface area contributed by atoms with Crippen molar-refractivity contribution in [1.29, 1.82) is 0 Å². The van der Waals surface area contributed by atoms with Gasteiger partial charge in [0, 0.05) is 33.2 Å². The van der Waals surface area contributed by atoms with Crippen molar-refractivity contribution in [3.63, 3.8) is 0 Å². The van der Waals surface area contributed by atoms with Gasteiger partial charge in [0.1, 0.15) is 5.75 Å². The number of guanidine groups is 1. The lowest BCUT2D eigenvalue weighted by Gasteiger charge is -2.30. The Morgan fingerprint density at radius 3 is 2.58 bits per heavy atom. The molecular weight excluding hydrogens is 467 g/mol. The summed E-state index contributed by atoms with van der Waals surface area (Å²) in [5.41, 5.74) is 1.11. The van der Waals surface area contributed by atoms with Crippen LogP contribution in [-0.2, 0) is 16.6 Å². The number of nitrogens with zero attached hydrogens (tertiary/aromatic N) is 2. The average molecular weight is 496 g/mol. The molecule has 0 aliphatic carbocycles. The third-order valence-corrected chi connectivity index (χ3v) is 5.72. The van der Waals surface area contributed by atoms with Crippen molar-refractivity contribution < 1.29 is 13.2 Å². The van der Waals surface area contributed by atoms with Crippen molar-refractivity contribution in [2.45, 2.75) is 19.4 Å². The highest BCUT2D eigenvalue weighted by Gasteiger charge is 2.24. The number of sulfonamides is 1. The summed E-state index contributed by atoms with van der Waals surface area (Å²) >= 11 is 0. The number of rotatable bonds is 6. The third-order valence-electron chi connectivity index (χ3n) is 4.42. The van der Waals surface area contributed by atoms with E-state index in [4.69, 9.17) is 4.74 Å². The predicted molar refractivity (Wildman–Crippen MR) is 116 cm³/mol. The molecule has 0 atom stereocenters. The van der Waals surface area contributed by atoms with E-state index in [1.807, 2.05) is 24.3 Å². The normalized spacial score (nSPS) is 16.7. The molecule has 2 N–H and O–H groups in total. The van der Waals surface area contributed by atoms with E-state index in [2.05, 4.69) is 15.6 Å². The van der Waals surface area contributed by atoms with Crippen LogP contribution in [0.2, 0.25) is 0 Å². The van der Waals surface area contributed by atoms with Gasteiger partial charge in [-0.2, -0.15) is 0 Å². The number of hydrogen-bond acceptors (Lipinski definition) is 4. The van der Waals surface area contributed by atoms with E-state index in [0.717, 1.165) is 36.7 Å². The molecule has 9 heteroatoms. The summed E-state index contributed by atoms with van der Waals surface area (Å²) in [5.74, 6) is 2.03. The maximum atomic E-state index is 11.5. The van der Waals surface area contributed by atoms with Gasteiger partial charge in [-0.15, -0.1) is 24.0 Å². The van der Waals surface area contributed by atoms with E-state index in [0.29, 0.717) is 25.6 Å². The molecule has 26 heavy (non-hydrogen) atoms. The summed E-state index contributed by atoms with van der Waals surface area (Å²) in [6.07, 6.45) is 3.01. The fourth-order valence-corrected chi connectivity index (χ4v) is 3.75. The average Bonchev–Trinajstić information content (AvgIpc) is 2.61. The van der Waals surface area contributed by atoms with E-state index >= 15 is 0 Å². The second-order valence-electron chi connectivity index (χ2n) is 6.26. The van der Waals surface area contributed by atoms with Gasteiger partial charge in [0.2, 0.25) is 10.0 Å². The van der Waals surface area contributed by atoms with E-state index in [1.165, 1.54) is 6.26 Å². The first-order valence-electron chi connectivity index (χ1n) is 8.45. The largest absolute Gasteiger partial charge is 0.497 e. The highest BCUT2D eigenvalue weighted by molar-refractivity contribution is 14.0. The van der Waals surface area contributed by atoms with Crippen LogP contribution in [0.25, 0.3) is 0 Å². The van der Waals surface area contributed by atoms with Crippen molar-refractivity contribution >= 4 is 40.0 Å². The molecule has 1 fully saturated rings. The van der Waals surface area contributed by atoms with E-state index in [-0.39, 0.29) is 24.0 Å². The van der Waals surface area contributed by atoms with E-state index < -0.39 is 10.0 Å². The smallest absolute Gasteiger partial charge is 0.211 e. The van der Waals surface area contributed by atoms with Crippen molar-refractivity contribution in [3.05, 3.63) is 29.8 Å². The van der Waals surface area contributed by atoms with Crippen LogP contribution < -0.4 is 15.4 Å². The summed E-state index contributed by atoms with van der Waals surface area (Å²) in [6.45, 7) is 2.64. The number of benzene rings is 1. The Hall–Kier alpha value is -1.07. The van der Waals surface area contributed by atoms with Crippen LogP contribution in [0.3, 0.4) is 0 Å². The molecule has 0 radical (unpaired) electrons. The van der Waals surface area contributed by atoms with Gasteiger partial charge in [-0.25, -0.2) is 12.7 Å². The molecule has 1 aliphatic heterocycles. The van der Waals surface area contributed by atoms with Gasteiger partial charge >= 0.3 is 0 Å². The highest BCUT2D eigenvalue weighted by atomic mass is 127. The Balaban J connectivity index is 0.00000338. The quantitative estimate of drug-likeness (QED) is 0.356. The molecule has 0 unspecified atom stereocenters. The number of methoxy groups -OCH3 is 1. The van der Waals surface area contributed by atoms with Crippen molar-refractivity contribution in [2.75, 3.05) is 40.0 Å². The number of hydrogen-bond donors (Lipinski definition) is 2. The minimum absolute atomic E-state index is 0. The maximum absolute atomic E-state index is 11.5. The first kappa shape index (κ1) is 23.0. The van der Waals surface area contributed by atoms with Gasteiger partial charge in [-0.1, -0.05) is 12.1 Å². The summed E-state index contributed by atoms with van der Waals surface area (Å²) in [6, 6.07) is 7.89. The second-order valence-corrected chi connectivity index (χ2v) is 8.25. The summed E-state index contributed by atoms with van der Waals surface area (Å²) < 4.78 is 29.9. The van der Waals surface area contributed by atoms with E-state index in [1.54, 1.807) is 18.5 Å². The van der Waals surface area contributed by atoms with E-state index in [9.17, 15) is 8.42 Å². The molecule has 1 saturated heterocycles. The molecule has 0 saturated carbocycles. The Bertz CT molecular complexity index is 689. The molecule has 7 nitrogen and oxygen atoms in total. The van der Waals surface area contributed by atoms with Gasteiger partial charge in [0.05, 0.1) is 13.4 Å². The zero-order chi connectivity index (χ0) is 18.3. The lowest BCUT2D eigenvalue weighted by atomic mass is 9.98. The van der Waals surface area contributed by atoms with Gasteiger partial charge in [0.25, 0.3) is 0 Å². The lowest BCUT2D eigenvalue weighted by molar-refractivity contribution is 0.275. The van der Waals surface area contributed by atoms with Crippen LogP contribution in [0.15, 0.2) is 29.3 Å². The summed E-state index contributed by atoms with van der Waals surface area (Å²) in [5, 5.41) is 6.62. The van der Waals surface area contributed by atoms with Crippen molar-refractivity contribution in [3.8, 4) is 5.75 Å². The number of aliphatic imine (C=N–C) groups is 1. The first-order chi connectivity index (χ1) is 11.9. The third kappa shape index (κ3) is 7.28. The number of halogens is 1. The van der Waals surface area contributed by atoms with Crippen LogP contribution in [-0.4, -0.2) is 58.7 Å². The highest BCUT2D eigenvalue weighted by Crippen LogP contribution is 2.18. The molecule has 148 valence electrons. The molecule has 0 aromatic heterocycles. The molecule has 0 amide bonds. The van der Waals surface area contributed by atoms with Gasteiger partial charge in [-0.3, -0.25) is 4.99 Å². The van der Waals surface area contributed by atoms with Crippen LogP contribution in [0.1, 0.15) is 18.4 Å². The molecular formula is C17H29IN4O3S. The number of ether oxygens (including phenoxy) is 1. The minimum atomic E-state index is -3.06. The monoisotopic (exact) mass is 496 g/mol. The Labute approximate surface area is 173 Å². The fourth-order valence-electron chi connectivity index (χ4n) is 2.87. The zero-order valence-corrected chi connectivity index (χ0v) is 18.7. The van der Waals surface area contributed by atoms with Gasteiger partial charge in [-0.05, 0) is 36.5 Å². The Morgan fingerprint density at radius 2 is 2.00 bits per heavy atom. The first-order valence-corrected chi connectivity index (χ1v) is 10.3. The topological polar surface area (TPSA) is 83.0 Å².